The van der Waals surface area contributed by atoms with E-state index in [4.69, 9.17) is 0 Å². The van der Waals surface area contributed by atoms with Gasteiger partial charge in [0.05, 0.1) is 5.01 Å². The minimum Gasteiger partial charge on any atom is -0.311 e. The summed E-state index contributed by atoms with van der Waals surface area (Å²) in [5.74, 6) is 0.0429. The first-order valence-electron chi connectivity index (χ1n) is 4.30. The van der Waals surface area contributed by atoms with E-state index in [1.165, 1.54) is 0 Å². The fourth-order valence-corrected chi connectivity index (χ4v) is 2.18. The van der Waals surface area contributed by atoms with Crippen LogP contribution >= 0.6 is 23.1 Å². The Balaban J connectivity index is 2.07. The molecule has 0 saturated carbocycles. The van der Waals surface area contributed by atoms with Gasteiger partial charge in [-0.3, -0.25) is 0 Å². The number of hydrogen-bond donors (Lipinski definition) is 1. The molecule has 15 heavy (non-hydrogen) atoms. The maximum atomic E-state index is 11.7. The minimum atomic E-state index is -4.12. The van der Waals surface area contributed by atoms with Crippen LogP contribution in [-0.4, -0.2) is 22.8 Å². The van der Waals surface area contributed by atoms with Crippen molar-refractivity contribution < 1.29 is 13.2 Å². The molecule has 0 saturated heterocycles. The number of aromatic nitrogens is 1. The van der Waals surface area contributed by atoms with Crippen molar-refractivity contribution in [2.75, 3.05) is 12.3 Å². The first kappa shape index (κ1) is 12.8. The highest BCUT2D eigenvalue weighted by molar-refractivity contribution is 8.00. The molecule has 0 aliphatic carbocycles. The van der Waals surface area contributed by atoms with Crippen molar-refractivity contribution in [2.24, 2.45) is 0 Å². The summed E-state index contributed by atoms with van der Waals surface area (Å²) in [6.45, 7) is 2.83. The minimum absolute atomic E-state index is 0.000806. The molecule has 0 amide bonds. The molecule has 0 spiro atoms. The van der Waals surface area contributed by atoms with Gasteiger partial charge in [-0.1, -0.05) is 0 Å². The predicted molar refractivity (Wildman–Crippen MR) is 57.1 cm³/mol. The fourth-order valence-electron chi connectivity index (χ4n) is 0.938. The van der Waals surface area contributed by atoms with Crippen LogP contribution in [0, 0.1) is 6.92 Å². The lowest BCUT2D eigenvalue weighted by atomic mass is 10.5. The van der Waals surface area contributed by atoms with Crippen LogP contribution in [0.2, 0.25) is 0 Å². The van der Waals surface area contributed by atoms with Crippen molar-refractivity contribution in [3.63, 3.8) is 0 Å². The highest BCUT2D eigenvalue weighted by atomic mass is 32.2. The summed E-state index contributed by atoms with van der Waals surface area (Å²) in [6.07, 6.45) is 1.74. The molecular formula is C8H11F3N2S2. The highest BCUT2D eigenvalue weighted by Crippen LogP contribution is 2.29. The van der Waals surface area contributed by atoms with Crippen LogP contribution in [-0.2, 0) is 6.54 Å². The van der Waals surface area contributed by atoms with Crippen molar-refractivity contribution in [3.8, 4) is 0 Å². The summed E-state index contributed by atoms with van der Waals surface area (Å²) < 4.78 is 35.2. The van der Waals surface area contributed by atoms with Gasteiger partial charge in [-0.05, 0) is 18.7 Å². The van der Waals surface area contributed by atoms with E-state index in [1.54, 1.807) is 17.5 Å². The Morgan fingerprint density at radius 3 is 2.80 bits per heavy atom. The number of rotatable bonds is 5. The SMILES string of the molecule is Cc1ncc(CNCCSC(F)(F)F)s1. The average Bonchev–Trinajstić information content (AvgIpc) is 2.49. The van der Waals surface area contributed by atoms with E-state index in [9.17, 15) is 13.2 Å². The monoisotopic (exact) mass is 256 g/mol. The molecule has 0 aromatic carbocycles. The molecule has 0 radical (unpaired) electrons. The maximum absolute atomic E-state index is 11.7. The largest absolute Gasteiger partial charge is 0.441 e. The molecule has 1 aromatic rings. The topological polar surface area (TPSA) is 24.9 Å². The molecule has 0 aliphatic heterocycles. The molecule has 1 N–H and O–H groups in total. The number of thiazole rings is 1. The third-order valence-corrected chi connectivity index (χ3v) is 3.16. The van der Waals surface area contributed by atoms with Crippen LogP contribution in [0.4, 0.5) is 13.2 Å². The van der Waals surface area contributed by atoms with Crippen LogP contribution in [0.3, 0.4) is 0 Å². The van der Waals surface area contributed by atoms with Crippen LogP contribution < -0.4 is 5.32 Å². The summed E-state index contributed by atoms with van der Waals surface area (Å²) in [6, 6.07) is 0. The van der Waals surface area contributed by atoms with Gasteiger partial charge in [0.15, 0.2) is 0 Å². The first-order valence-corrected chi connectivity index (χ1v) is 6.10. The van der Waals surface area contributed by atoms with Gasteiger partial charge in [0.1, 0.15) is 0 Å². The molecule has 0 atom stereocenters. The third kappa shape index (κ3) is 6.01. The lowest BCUT2D eigenvalue weighted by Gasteiger charge is -2.05. The molecule has 2 nitrogen and oxygen atoms in total. The zero-order valence-corrected chi connectivity index (χ0v) is 9.73. The van der Waals surface area contributed by atoms with E-state index >= 15 is 0 Å². The Kier molecular flexibility index (Phi) is 4.88. The Hall–Kier alpha value is -0.270. The number of hydrogen-bond acceptors (Lipinski definition) is 4. The normalized spacial score (nSPS) is 12.0. The zero-order chi connectivity index (χ0) is 11.3. The molecule has 0 fully saturated rings. The van der Waals surface area contributed by atoms with E-state index in [1.807, 2.05) is 6.92 Å². The number of nitrogens with one attached hydrogen (secondary N) is 1. The molecule has 7 heteroatoms. The van der Waals surface area contributed by atoms with Crippen molar-refractivity contribution in [1.29, 1.82) is 0 Å². The van der Waals surface area contributed by atoms with Crippen molar-refractivity contribution in [2.45, 2.75) is 19.0 Å². The Bertz CT molecular complexity index is 298. The molecule has 86 valence electrons. The highest BCUT2D eigenvalue weighted by Gasteiger charge is 2.27. The zero-order valence-electron chi connectivity index (χ0n) is 8.10. The number of nitrogens with zero attached hydrogens (tertiary/aromatic N) is 1. The molecule has 0 unspecified atom stereocenters. The van der Waals surface area contributed by atoms with Crippen molar-refractivity contribution in [3.05, 3.63) is 16.1 Å². The third-order valence-electron chi connectivity index (χ3n) is 1.51. The summed E-state index contributed by atoms with van der Waals surface area (Å²) in [7, 11) is 0. The quantitative estimate of drug-likeness (QED) is 0.820. The molecule has 0 bridgehead atoms. The van der Waals surface area contributed by atoms with Crippen molar-refractivity contribution in [1.82, 2.24) is 10.3 Å². The maximum Gasteiger partial charge on any atom is 0.441 e. The van der Waals surface area contributed by atoms with Gasteiger partial charge in [-0.25, -0.2) is 4.98 Å². The second kappa shape index (κ2) is 5.72. The second-order valence-electron chi connectivity index (χ2n) is 2.82. The van der Waals surface area contributed by atoms with Gasteiger partial charge in [-0.2, -0.15) is 13.2 Å². The Labute approximate surface area is 94.3 Å². The van der Waals surface area contributed by atoms with Crippen LogP contribution in [0.1, 0.15) is 9.88 Å². The van der Waals surface area contributed by atoms with Gasteiger partial charge < -0.3 is 5.32 Å². The first-order chi connectivity index (χ1) is 6.97. The summed E-state index contributed by atoms with van der Waals surface area (Å²) in [5, 5.41) is 3.91. The Morgan fingerprint density at radius 1 is 1.53 bits per heavy atom. The summed E-state index contributed by atoms with van der Waals surface area (Å²) in [5.41, 5.74) is -4.12. The van der Waals surface area contributed by atoms with Crippen molar-refractivity contribution >= 4 is 23.1 Å². The number of aryl methyl sites for hydroxylation is 1. The second-order valence-corrected chi connectivity index (χ2v) is 5.30. The lowest BCUT2D eigenvalue weighted by Crippen LogP contribution is -2.17. The molecule has 1 heterocycles. The standard InChI is InChI=1S/C8H11F3N2S2/c1-6-13-5-7(15-6)4-12-2-3-14-8(9,10)11/h5,12H,2-4H2,1H3. The van der Waals surface area contributed by atoms with Crippen LogP contribution in [0.25, 0.3) is 0 Å². The van der Waals surface area contributed by atoms with E-state index < -0.39 is 5.51 Å². The molecule has 0 aliphatic rings. The van der Waals surface area contributed by atoms with Crippen LogP contribution in [0.5, 0.6) is 0 Å². The van der Waals surface area contributed by atoms with Gasteiger partial charge in [0, 0.05) is 29.9 Å². The van der Waals surface area contributed by atoms with E-state index in [0.717, 1.165) is 9.88 Å². The summed E-state index contributed by atoms with van der Waals surface area (Å²) >= 11 is 1.55. The van der Waals surface area contributed by atoms with Gasteiger partial charge >= 0.3 is 5.51 Å². The van der Waals surface area contributed by atoms with Gasteiger partial charge in [0.25, 0.3) is 0 Å². The van der Waals surface area contributed by atoms with E-state index in [-0.39, 0.29) is 17.5 Å². The Morgan fingerprint density at radius 2 is 2.27 bits per heavy atom. The molecule has 1 rings (SSSR count). The predicted octanol–water partition coefficient (Wildman–Crippen LogP) is 2.79. The molecular weight excluding hydrogens is 245 g/mol. The van der Waals surface area contributed by atoms with Crippen LogP contribution in [0.15, 0.2) is 6.20 Å². The van der Waals surface area contributed by atoms with Gasteiger partial charge in [0.2, 0.25) is 0 Å². The lowest BCUT2D eigenvalue weighted by molar-refractivity contribution is -0.0327. The summed E-state index contributed by atoms with van der Waals surface area (Å²) in [4.78, 5) is 5.09. The average molecular weight is 256 g/mol. The van der Waals surface area contributed by atoms with E-state index in [0.29, 0.717) is 13.1 Å². The smallest absolute Gasteiger partial charge is 0.311 e. The fraction of sp³-hybridized carbons (Fsp3) is 0.625. The number of alkyl halides is 3. The van der Waals surface area contributed by atoms with E-state index in [2.05, 4.69) is 10.3 Å². The molecule has 1 aromatic heterocycles. The van der Waals surface area contributed by atoms with Gasteiger partial charge in [-0.15, -0.1) is 11.3 Å². The number of halogens is 3. The number of thioether (sulfide) groups is 1.